The van der Waals surface area contributed by atoms with E-state index < -0.39 is 0 Å². The van der Waals surface area contributed by atoms with Crippen LogP contribution in [0, 0.1) is 5.82 Å². The number of fused-ring (bicyclic) bond motifs is 3. The molecule has 3 aliphatic rings. The summed E-state index contributed by atoms with van der Waals surface area (Å²) in [6, 6.07) is 15.5. The van der Waals surface area contributed by atoms with E-state index in [4.69, 9.17) is 0 Å². The topological polar surface area (TPSA) is 65.5 Å². The van der Waals surface area contributed by atoms with E-state index in [2.05, 4.69) is 27.3 Å². The Morgan fingerprint density at radius 2 is 1.68 bits per heavy atom. The highest BCUT2D eigenvalue weighted by atomic mass is 19.1. The molecule has 2 amide bonds. The van der Waals surface area contributed by atoms with E-state index >= 15 is 0 Å². The molecular formula is C30H33FN4O2. The van der Waals surface area contributed by atoms with Crippen LogP contribution in [0.1, 0.15) is 71.4 Å². The Bertz CT molecular complexity index is 1310. The Labute approximate surface area is 216 Å². The molecule has 1 unspecified atom stereocenters. The van der Waals surface area contributed by atoms with Crippen LogP contribution in [0.2, 0.25) is 0 Å². The van der Waals surface area contributed by atoms with Gasteiger partial charge in [0, 0.05) is 44.0 Å². The second-order valence-corrected chi connectivity index (χ2v) is 10.8. The van der Waals surface area contributed by atoms with Gasteiger partial charge < -0.3 is 10.2 Å². The predicted molar refractivity (Wildman–Crippen MR) is 141 cm³/mol. The van der Waals surface area contributed by atoms with Gasteiger partial charge in [0.15, 0.2) is 0 Å². The predicted octanol–water partition coefficient (Wildman–Crippen LogP) is 4.93. The lowest BCUT2D eigenvalue weighted by Gasteiger charge is -2.39. The summed E-state index contributed by atoms with van der Waals surface area (Å²) in [5.41, 5.74) is 1.87. The lowest BCUT2D eigenvalue weighted by atomic mass is 9.95. The first-order chi connectivity index (χ1) is 18.0. The highest BCUT2D eigenvalue weighted by Crippen LogP contribution is 2.37. The number of likely N-dealkylation sites (tertiary alicyclic amines) is 1. The number of hydrogen-bond donors (Lipinski definition) is 1. The fourth-order valence-corrected chi connectivity index (χ4v) is 6.51. The summed E-state index contributed by atoms with van der Waals surface area (Å²) in [6.45, 7) is 2.34. The maximum atomic E-state index is 13.5. The molecule has 2 bridgehead atoms. The zero-order valence-electron chi connectivity index (χ0n) is 21.0. The molecule has 3 fully saturated rings. The van der Waals surface area contributed by atoms with Crippen molar-refractivity contribution >= 4 is 22.6 Å². The first kappa shape index (κ1) is 24.0. The fraction of sp³-hybridized carbons (Fsp3) is 0.433. The van der Waals surface area contributed by atoms with Gasteiger partial charge in [0.1, 0.15) is 11.5 Å². The molecule has 2 aromatic carbocycles. The van der Waals surface area contributed by atoms with E-state index in [-0.39, 0.29) is 29.4 Å². The van der Waals surface area contributed by atoms with Crippen molar-refractivity contribution in [2.24, 2.45) is 0 Å². The van der Waals surface area contributed by atoms with Gasteiger partial charge in [-0.3, -0.25) is 19.5 Å². The van der Waals surface area contributed by atoms with Crippen LogP contribution in [0.25, 0.3) is 10.8 Å². The number of amides is 2. The molecule has 0 saturated carbocycles. The van der Waals surface area contributed by atoms with Crippen molar-refractivity contribution in [1.82, 2.24) is 20.1 Å². The molecule has 3 saturated heterocycles. The summed E-state index contributed by atoms with van der Waals surface area (Å²) in [5, 5.41) is 5.19. The maximum Gasteiger partial charge on any atom is 0.270 e. The average molecular weight is 501 g/mol. The summed E-state index contributed by atoms with van der Waals surface area (Å²) >= 11 is 0. The molecule has 3 aromatic rings. The molecule has 1 N–H and O–H groups in total. The monoisotopic (exact) mass is 500 g/mol. The zero-order valence-corrected chi connectivity index (χ0v) is 21.0. The van der Waals surface area contributed by atoms with Crippen LogP contribution >= 0.6 is 0 Å². The molecule has 37 heavy (non-hydrogen) atoms. The summed E-state index contributed by atoms with van der Waals surface area (Å²) in [4.78, 5) is 35.2. The van der Waals surface area contributed by atoms with Gasteiger partial charge in [-0.25, -0.2) is 4.39 Å². The molecule has 3 aliphatic heterocycles. The molecule has 3 atom stereocenters. The van der Waals surface area contributed by atoms with Crippen molar-refractivity contribution in [2.75, 3.05) is 13.1 Å². The van der Waals surface area contributed by atoms with Crippen LogP contribution in [0.5, 0.6) is 0 Å². The van der Waals surface area contributed by atoms with Gasteiger partial charge in [0.05, 0.1) is 5.56 Å². The number of carbonyl (C=O) groups is 2. The highest BCUT2D eigenvalue weighted by Gasteiger charge is 2.41. The number of aromatic nitrogens is 1. The maximum absolute atomic E-state index is 13.5. The standard InChI is InChI=1S/C30H33FN4O2/c31-23-9-8-21-15-20(6-7-22(21)16-23)19-35-25-10-11-26(35)18-24(17-25)33-29(36)28-27(5-4-12-32-28)30(37)34-13-2-1-3-14-34/h4-9,12,15-16,24-26H,1-3,10-11,13-14,17-19H2,(H,33,36)/t24?,25-,26+. The number of rotatable bonds is 5. The molecule has 1 aromatic heterocycles. The van der Waals surface area contributed by atoms with Crippen LogP contribution in [-0.4, -0.2) is 57.8 Å². The second-order valence-electron chi connectivity index (χ2n) is 10.8. The molecular weight excluding hydrogens is 467 g/mol. The summed E-state index contributed by atoms with van der Waals surface area (Å²) < 4.78 is 13.5. The van der Waals surface area contributed by atoms with Gasteiger partial charge >= 0.3 is 0 Å². The third kappa shape index (κ3) is 4.97. The van der Waals surface area contributed by atoms with Gasteiger partial charge in [0.2, 0.25) is 0 Å². The van der Waals surface area contributed by atoms with Crippen LogP contribution in [0.15, 0.2) is 54.7 Å². The smallest absolute Gasteiger partial charge is 0.270 e. The first-order valence-electron chi connectivity index (χ1n) is 13.5. The molecule has 6 nitrogen and oxygen atoms in total. The van der Waals surface area contributed by atoms with E-state index in [9.17, 15) is 14.0 Å². The highest BCUT2D eigenvalue weighted by molar-refractivity contribution is 6.06. The van der Waals surface area contributed by atoms with Crippen molar-refractivity contribution in [2.45, 2.75) is 69.6 Å². The molecule has 0 spiro atoms. The Morgan fingerprint density at radius 1 is 0.946 bits per heavy atom. The number of piperidine rings is 2. The third-order valence-electron chi connectivity index (χ3n) is 8.35. The second kappa shape index (κ2) is 10.2. The van der Waals surface area contributed by atoms with Crippen LogP contribution < -0.4 is 5.32 Å². The quantitative estimate of drug-likeness (QED) is 0.540. The van der Waals surface area contributed by atoms with Crippen LogP contribution in [0.4, 0.5) is 4.39 Å². The SMILES string of the molecule is O=C(NC1C[C@H]2CC[C@@H](C1)N2Cc1ccc2cc(F)ccc2c1)c1ncccc1C(=O)N1CCCCC1. The van der Waals surface area contributed by atoms with E-state index in [1.165, 1.54) is 11.6 Å². The molecule has 192 valence electrons. The van der Waals surface area contributed by atoms with Gasteiger partial charge in [-0.15, -0.1) is 0 Å². The Kier molecular flexibility index (Phi) is 6.63. The van der Waals surface area contributed by atoms with Crippen LogP contribution in [-0.2, 0) is 6.54 Å². The van der Waals surface area contributed by atoms with Crippen molar-refractivity contribution in [3.63, 3.8) is 0 Å². The van der Waals surface area contributed by atoms with Gasteiger partial charge in [-0.2, -0.15) is 0 Å². The van der Waals surface area contributed by atoms with Gasteiger partial charge in [-0.05, 0) is 91.6 Å². The van der Waals surface area contributed by atoms with Crippen molar-refractivity contribution in [3.05, 3.63) is 77.4 Å². The van der Waals surface area contributed by atoms with E-state index in [1.54, 1.807) is 24.4 Å². The number of nitrogens with one attached hydrogen (secondary N) is 1. The number of pyridine rings is 1. The van der Waals surface area contributed by atoms with Gasteiger partial charge in [0.25, 0.3) is 11.8 Å². The van der Waals surface area contributed by atoms with Crippen molar-refractivity contribution < 1.29 is 14.0 Å². The largest absolute Gasteiger partial charge is 0.348 e. The minimum atomic E-state index is -0.249. The lowest BCUT2D eigenvalue weighted by Crippen LogP contribution is -2.50. The normalized spacial score (nSPS) is 23.8. The molecule has 7 heteroatoms. The number of benzene rings is 2. The number of hydrogen-bond acceptors (Lipinski definition) is 4. The van der Waals surface area contributed by atoms with Crippen molar-refractivity contribution in [1.29, 1.82) is 0 Å². The van der Waals surface area contributed by atoms with E-state index in [0.29, 0.717) is 17.6 Å². The first-order valence-corrected chi connectivity index (χ1v) is 13.5. The zero-order chi connectivity index (χ0) is 25.4. The Morgan fingerprint density at radius 3 is 2.46 bits per heavy atom. The minimum Gasteiger partial charge on any atom is -0.348 e. The average Bonchev–Trinajstić information content (AvgIpc) is 3.15. The van der Waals surface area contributed by atoms with Gasteiger partial charge in [-0.1, -0.05) is 18.2 Å². The van der Waals surface area contributed by atoms with Crippen LogP contribution in [0.3, 0.4) is 0 Å². The summed E-state index contributed by atoms with van der Waals surface area (Å²) in [7, 11) is 0. The Hall–Kier alpha value is -3.32. The number of nitrogens with zero attached hydrogens (tertiary/aromatic N) is 3. The minimum absolute atomic E-state index is 0.0702. The van der Waals surface area contributed by atoms with Crippen molar-refractivity contribution in [3.8, 4) is 0 Å². The summed E-state index contributed by atoms with van der Waals surface area (Å²) in [5.74, 6) is -0.553. The molecule has 4 heterocycles. The lowest BCUT2D eigenvalue weighted by molar-refractivity contribution is 0.0712. The fourth-order valence-electron chi connectivity index (χ4n) is 6.51. The number of halogens is 1. The van der Waals surface area contributed by atoms with E-state index in [1.807, 2.05) is 17.0 Å². The number of carbonyl (C=O) groups excluding carboxylic acids is 2. The molecule has 6 rings (SSSR count). The Balaban J connectivity index is 1.12. The van der Waals surface area contributed by atoms with E-state index in [0.717, 1.165) is 75.4 Å². The molecule has 0 aliphatic carbocycles. The summed E-state index contributed by atoms with van der Waals surface area (Å²) in [6.07, 6.45) is 8.78. The molecule has 0 radical (unpaired) electrons. The third-order valence-corrected chi connectivity index (χ3v) is 8.35.